The van der Waals surface area contributed by atoms with Crippen LogP contribution in [0.1, 0.15) is 19.3 Å². The van der Waals surface area contributed by atoms with E-state index in [2.05, 4.69) is 6.08 Å². The number of benzene rings is 1. The number of carbonyl (C=O) groups excluding carboxylic acids is 1. The molecular weight excluding hydrogens is 246 g/mol. The molecule has 0 saturated carbocycles. The summed E-state index contributed by atoms with van der Waals surface area (Å²) in [5.74, 6) is 0.743. The third kappa shape index (κ3) is 3.29. The van der Waals surface area contributed by atoms with Gasteiger partial charge in [-0.15, -0.1) is 11.8 Å². The van der Waals surface area contributed by atoms with E-state index in [0.717, 1.165) is 29.9 Å². The van der Waals surface area contributed by atoms with Crippen LogP contribution < -0.4 is 0 Å². The first kappa shape index (κ1) is 13.0. The molecular formula is C14H17NO2S. The van der Waals surface area contributed by atoms with Crippen LogP contribution in [0.25, 0.3) is 0 Å². The van der Waals surface area contributed by atoms with E-state index in [1.807, 2.05) is 13.1 Å². The SMILES string of the molecule is CN(C(=O)CSc1cccc(O)c1)C1=CCCC1. The van der Waals surface area contributed by atoms with Gasteiger partial charge >= 0.3 is 0 Å². The largest absolute Gasteiger partial charge is 0.508 e. The van der Waals surface area contributed by atoms with E-state index >= 15 is 0 Å². The molecule has 1 aromatic carbocycles. The van der Waals surface area contributed by atoms with Gasteiger partial charge in [-0.05, 0) is 37.5 Å². The van der Waals surface area contributed by atoms with Crippen LogP contribution in [0.15, 0.2) is 40.9 Å². The molecule has 18 heavy (non-hydrogen) atoms. The molecule has 0 spiro atoms. The van der Waals surface area contributed by atoms with Crippen LogP contribution >= 0.6 is 11.8 Å². The van der Waals surface area contributed by atoms with Gasteiger partial charge in [0.2, 0.25) is 5.91 Å². The number of hydrogen-bond acceptors (Lipinski definition) is 3. The van der Waals surface area contributed by atoms with Crippen molar-refractivity contribution in [3.8, 4) is 5.75 Å². The molecule has 0 bridgehead atoms. The van der Waals surface area contributed by atoms with Gasteiger partial charge in [0.1, 0.15) is 5.75 Å². The molecule has 1 amide bonds. The third-order valence-electron chi connectivity index (χ3n) is 3.00. The van der Waals surface area contributed by atoms with E-state index in [1.54, 1.807) is 23.1 Å². The summed E-state index contributed by atoms with van der Waals surface area (Å²) < 4.78 is 0. The Balaban J connectivity index is 1.88. The van der Waals surface area contributed by atoms with Crippen LogP contribution in [0.4, 0.5) is 0 Å². The number of thioether (sulfide) groups is 1. The molecule has 2 rings (SSSR count). The Morgan fingerprint density at radius 2 is 2.33 bits per heavy atom. The molecule has 0 aliphatic heterocycles. The Kier molecular flexibility index (Phi) is 4.31. The van der Waals surface area contributed by atoms with Crippen molar-refractivity contribution in [1.82, 2.24) is 4.90 Å². The molecule has 1 N–H and O–H groups in total. The second-order valence-electron chi connectivity index (χ2n) is 4.33. The Morgan fingerprint density at radius 3 is 3.00 bits per heavy atom. The number of rotatable bonds is 4. The maximum Gasteiger partial charge on any atom is 0.236 e. The number of carbonyl (C=O) groups is 1. The summed E-state index contributed by atoms with van der Waals surface area (Å²) in [4.78, 5) is 14.7. The fraction of sp³-hybridized carbons (Fsp3) is 0.357. The minimum Gasteiger partial charge on any atom is -0.508 e. The lowest BCUT2D eigenvalue weighted by molar-refractivity contribution is -0.125. The summed E-state index contributed by atoms with van der Waals surface area (Å²) >= 11 is 1.45. The summed E-state index contributed by atoms with van der Waals surface area (Å²) in [5, 5.41) is 9.34. The molecule has 0 radical (unpaired) electrons. The number of phenolic OH excluding ortho intramolecular Hbond substituents is 1. The van der Waals surface area contributed by atoms with E-state index in [1.165, 1.54) is 11.8 Å². The van der Waals surface area contributed by atoms with E-state index in [-0.39, 0.29) is 11.7 Å². The Morgan fingerprint density at radius 1 is 1.50 bits per heavy atom. The van der Waals surface area contributed by atoms with Gasteiger partial charge in [-0.3, -0.25) is 4.79 Å². The summed E-state index contributed by atoms with van der Waals surface area (Å²) in [7, 11) is 1.84. The monoisotopic (exact) mass is 263 g/mol. The first-order valence-corrected chi connectivity index (χ1v) is 7.03. The molecule has 0 fully saturated rings. The van der Waals surface area contributed by atoms with Gasteiger partial charge in [0, 0.05) is 17.6 Å². The van der Waals surface area contributed by atoms with Gasteiger partial charge in [0.05, 0.1) is 5.75 Å². The highest BCUT2D eigenvalue weighted by atomic mass is 32.2. The normalized spacial score (nSPS) is 14.4. The highest BCUT2D eigenvalue weighted by molar-refractivity contribution is 8.00. The zero-order chi connectivity index (χ0) is 13.0. The highest BCUT2D eigenvalue weighted by Gasteiger charge is 2.16. The van der Waals surface area contributed by atoms with E-state index < -0.39 is 0 Å². The summed E-state index contributed by atoms with van der Waals surface area (Å²) in [5.41, 5.74) is 1.14. The summed E-state index contributed by atoms with van der Waals surface area (Å²) in [6, 6.07) is 6.98. The minimum atomic E-state index is 0.108. The zero-order valence-corrected chi connectivity index (χ0v) is 11.2. The van der Waals surface area contributed by atoms with Crippen molar-refractivity contribution < 1.29 is 9.90 Å². The number of aromatic hydroxyl groups is 1. The van der Waals surface area contributed by atoms with Crippen molar-refractivity contribution in [2.45, 2.75) is 24.2 Å². The van der Waals surface area contributed by atoms with Gasteiger partial charge in [-0.25, -0.2) is 0 Å². The highest BCUT2D eigenvalue weighted by Crippen LogP contribution is 2.24. The second kappa shape index (κ2) is 5.96. The predicted molar refractivity (Wildman–Crippen MR) is 73.5 cm³/mol. The minimum absolute atomic E-state index is 0.108. The number of nitrogens with zero attached hydrogens (tertiary/aromatic N) is 1. The lowest BCUT2D eigenvalue weighted by Crippen LogP contribution is -2.26. The molecule has 0 atom stereocenters. The molecule has 96 valence electrons. The molecule has 1 aliphatic carbocycles. The number of hydrogen-bond donors (Lipinski definition) is 1. The maximum absolute atomic E-state index is 12.0. The van der Waals surface area contributed by atoms with Crippen LogP contribution in [0, 0.1) is 0 Å². The van der Waals surface area contributed by atoms with Gasteiger partial charge in [-0.1, -0.05) is 12.1 Å². The number of phenols is 1. The lowest BCUT2D eigenvalue weighted by Gasteiger charge is -2.18. The van der Waals surface area contributed by atoms with Crippen LogP contribution in [0.3, 0.4) is 0 Å². The average molecular weight is 263 g/mol. The number of allylic oxidation sites excluding steroid dienone is 2. The zero-order valence-electron chi connectivity index (χ0n) is 10.4. The fourth-order valence-corrected chi connectivity index (χ4v) is 2.80. The average Bonchev–Trinajstić information content (AvgIpc) is 2.89. The summed E-state index contributed by atoms with van der Waals surface area (Å²) in [6.07, 6.45) is 5.36. The molecule has 0 heterocycles. The lowest BCUT2D eigenvalue weighted by atomic mass is 10.3. The Bertz CT molecular complexity index is 471. The standard InChI is InChI=1S/C14H17NO2S/c1-15(11-5-2-3-6-11)14(17)10-18-13-8-4-7-12(16)9-13/h4-5,7-9,16H,2-3,6,10H2,1H3. The van der Waals surface area contributed by atoms with E-state index in [4.69, 9.17) is 0 Å². The third-order valence-corrected chi connectivity index (χ3v) is 3.98. The van der Waals surface area contributed by atoms with E-state index in [9.17, 15) is 9.90 Å². The second-order valence-corrected chi connectivity index (χ2v) is 5.38. The quantitative estimate of drug-likeness (QED) is 0.849. The first-order chi connectivity index (χ1) is 8.66. The Hall–Kier alpha value is -1.42. The molecule has 1 aromatic rings. The fourth-order valence-electron chi connectivity index (χ4n) is 1.93. The first-order valence-electron chi connectivity index (χ1n) is 6.04. The van der Waals surface area contributed by atoms with Crippen molar-refractivity contribution in [2.24, 2.45) is 0 Å². The van der Waals surface area contributed by atoms with Gasteiger partial charge in [-0.2, -0.15) is 0 Å². The van der Waals surface area contributed by atoms with Crippen molar-refractivity contribution in [2.75, 3.05) is 12.8 Å². The molecule has 3 nitrogen and oxygen atoms in total. The van der Waals surface area contributed by atoms with Gasteiger partial charge in [0.15, 0.2) is 0 Å². The van der Waals surface area contributed by atoms with Gasteiger partial charge < -0.3 is 10.0 Å². The van der Waals surface area contributed by atoms with Crippen molar-refractivity contribution >= 4 is 17.7 Å². The van der Waals surface area contributed by atoms with Crippen molar-refractivity contribution in [3.05, 3.63) is 36.0 Å². The van der Waals surface area contributed by atoms with Crippen LogP contribution in [-0.2, 0) is 4.79 Å². The molecule has 0 unspecified atom stereocenters. The maximum atomic E-state index is 12.0. The van der Waals surface area contributed by atoms with E-state index in [0.29, 0.717) is 5.75 Å². The van der Waals surface area contributed by atoms with Crippen LogP contribution in [0.2, 0.25) is 0 Å². The van der Waals surface area contributed by atoms with Crippen molar-refractivity contribution in [1.29, 1.82) is 0 Å². The number of amides is 1. The summed E-state index contributed by atoms with van der Waals surface area (Å²) in [6.45, 7) is 0. The molecule has 0 saturated heterocycles. The Labute approximate surface area is 111 Å². The smallest absolute Gasteiger partial charge is 0.236 e. The van der Waals surface area contributed by atoms with Crippen LogP contribution in [0.5, 0.6) is 5.75 Å². The topological polar surface area (TPSA) is 40.5 Å². The molecule has 1 aliphatic rings. The molecule has 0 aromatic heterocycles. The van der Waals surface area contributed by atoms with Crippen LogP contribution in [-0.4, -0.2) is 28.7 Å². The molecule has 4 heteroatoms. The van der Waals surface area contributed by atoms with Gasteiger partial charge in [0.25, 0.3) is 0 Å². The van der Waals surface area contributed by atoms with Crippen molar-refractivity contribution in [3.63, 3.8) is 0 Å². The predicted octanol–water partition coefficient (Wildman–Crippen LogP) is 3.01.